The van der Waals surface area contributed by atoms with Crippen molar-refractivity contribution in [2.45, 2.75) is 6.42 Å². The average Bonchev–Trinajstić information content (AvgIpc) is 2.36. The number of hydrogen-bond donors (Lipinski definition) is 2. The quantitative estimate of drug-likeness (QED) is 0.608. The summed E-state index contributed by atoms with van der Waals surface area (Å²) in [6.07, 6.45) is 0.0544. The Morgan fingerprint density at radius 2 is 2.16 bits per heavy atom. The monoisotopic (exact) mass is 266 g/mol. The van der Waals surface area contributed by atoms with E-state index >= 15 is 0 Å². The Hall–Kier alpha value is -2.64. The largest absolute Gasteiger partial charge is 0.370 e. The third kappa shape index (κ3) is 4.62. The molecular weight excluding hydrogens is 252 g/mol. The number of nitro groups is 1. The predicted octanol–water partition coefficient (Wildman–Crippen LogP) is 0.934. The summed E-state index contributed by atoms with van der Waals surface area (Å²) in [5, 5.41) is 13.1. The third-order valence-electron chi connectivity index (χ3n) is 2.35. The van der Waals surface area contributed by atoms with Crippen molar-refractivity contribution in [1.29, 1.82) is 0 Å². The Kier molecular flexibility index (Phi) is 4.81. The van der Waals surface area contributed by atoms with Crippen molar-refractivity contribution in [1.82, 2.24) is 4.90 Å². The molecule has 3 N–H and O–H groups in total. The molecule has 0 bridgehead atoms. The number of carbonyl (C=O) groups excluding carboxylic acids is 2. The SMILES string of the molecule is CN(CCC(N)=O)C(=O)Nc1cccc([N+](=O)[O-])c1. The standard InChI is InChI=1S/C11H14N4O4/c1-14(6-5-10(12)16)11(17)13-8-3-2-4-9(7-8)15(18)19/h2-4,7H,5-6H2,1H3,(H2,12,16)(H,13,17). The van der Waals surface area contributed by atoms with Crippen molar-refractivity contribution in [3.63, 3.8) is 0 Å². The molecule has 0 saturated carbocycles. The summed E-state index contributed by atoms with van der Waals surface area (Å²) in [6, 6.07) is 5.11. The second-order valence-electron chi connectivity index (χ2n) is 3.88. The fourth-order valence-electron chi connectivity index (χ4n) is 1.30. The van der Waals surface area contributed by atoms with Crippen LogP contribution >= 0.6 is 0 Å². The van der Waals surface area contributed by atoms with Crippen molar-refractivity contribution < 1.29 is 14.5 Å². The number of urea groups is 1. The van der Waals surface area contributed by atoms with Gasteiger partial charge in [-0.15, -0.1) is 0 Å². The van der Waals surface area contributed by atoms with E-state index in [-0.39, 0.29) is 18.7 Å². The van der Waals surface area contributed by atoms with Crippen LogP contribution in [0.25, 0.3) is 0 Å². The number of nitro benzene ring substituents is 1. The summed E-state index contributed by atoms with van der Waals surface area (Å²) in [5.41, 5.74) is 5.17. The molecule has 3 amide bonds. The molecule has 0 aliphatic rings. The average molecular weight is 266 g/mol. The van der Waals surface area contributed by atoms with Crippen LogP contribution < -0.4 is 11.1 Å². The molecular formula is C11H14N4O4. The zero-order valence-corrected chi connectivity index (χ0v) is 10.3. The van der Waals surface area contributed by atoms with E-state index in [0.717, 1.165) is 0 Å². The topological polar surface area (TPSA) is 119 Å². The number of nitrogens with one attached hydrogen (secondary N) is 1. The zero-order chi connectivity index (χ0) is 14.4. The van der Waals surface area contributed by atoms with Gasteiger partial charge in [0, 0.05) is 37.8 Å². The second-order valence-corrected chi connectivity index (χ2v) is 3.88. The summed E-state index contributed by atoms with van der Waals surface area (Å²) >= 11 is 0. The first kappa shape index (κ1) is 14.4. The highest BCUT2D eigenvalue weighted by atomic mass is 16.6. The maximum absolute atomic E-state index is 11.7. The minimum absolute atomic E-state index is 0.0544. The third-order valence-corrected chi connectivity index (χ3v) is 2.35. The van der Waals surface area contributed by atoms with Crippen LogP contribution in [-0.4, -0.2) is 35.4 Å². The number of benzene rings is 1. The lowest BCUT2D eigenvalue weighted by Crippen LogP contribution is -2.33. The van der Waals surface area contributed by atoms with Gasteiger partial charge in [0.1, 0.15) is 0 Å². The van der Waals surface area contributed by atoms with Crippen LogP contribution in [0.1, 0.15) is 6.42 Å². The van der Waals surface area contributed by atoms with Crippen molar-refractivity contribution in [2.75, 3.05) is 18.9 Å². The minimum atomic E-state index is -0.549. The summed E-state index contributed by atoms with van der Waals surface area (Å²) < 4.78 is 0. The highest BCUT2D eigenvalue weighted by molar-refractivity contribution is 5.89. The number of nitrogens with zero attached hydrogens (tertiary/aromatic N) is 2. The van der Waals surface area contributed by atoms with Gasteiger partial charge in [0.25, 0.3) is 5.69 Å². The highest BCUT2D eigenvalue weighted by Crippen LogP contribution is 2.17. The molecule has 8 heteroatoms. The number of primary amides is 1. The summed E-state index contributed by atoms with van der Waals surface area (Å²) in [4.78, 5) is 33.6. The van der Waals surface area contributed by atoms with Crippen LogP contribution in [-0.2, 0) is 4.79 Å². The molecule has 0 aliphatic carbocycles. The summed E-state index contributed by atoms with van der Waals surface area (Å²) in [6.45, 7) is 0.177. The first-order chi connectivity index (χ1) is 8.90. The molecule has 0 aromatic heterocycles. The molecule has 0 fully saturated rings. The number of non-ortho nitro benzene ring substituents is 1. The smallest absolute Gasteiger partial charge is 0.321 e. The molecule has 19 heavy (non-hydrogen) atoms. The molecule has 0 saturated heterocycles. The molecule has 0 aliphatic heterocycles. The van der Waals surface area contributed by atoms with E-state index < -0.39 is 16.9 Å². The maximum Gasteiger partial charge on any atom is 0.321 e. The van der Waals surface area contributed by atoms with Crippen LogP contribution in [0.3, 0.4) is 0 Å². The van der Waals surface area contributed by atoms with Gasteiger partial charge in [0.05, 0.1) is 4.92 Å². The first-order valence-corrected chi connectivity index (χ1v) is 5.45. The Bertz CT molecular complexity index is 503. The number of hydrogen-bond acceptors (Lipinski definition) is 4. The normalized spacial score (nSPS) is 9.74. The van der Waals surface area contributed by atoms with Crippen LogP contribution in [0.15, 0.2) is 24.3 Å². The van der Waals surface area contributed by atoms with Gasteiger partial charge in [0.15, 0.2) is 0 Å². The van der Waals surface area contributed by atoms with Gasteiger partial charge in [-0.1, -0.05) is 6.07 Å². The second kappa shape index (κ2) is 6.34. The lowest BCUT2D eigenvalue weighted by molar-refractivity contribution is -0.384. The van der Waals surface area contributed by atoms with Crippen LogP contribution in [0.4, 0.5) is 16.2 Å². The predicted molar refractivity (Wildman–Crippen MR) is 68.6 cm³/mol. The first-order valence-electron chi connectivity index (χ1n) is 5.45. The van der Waals surface area contributed by atoms with Gasteiger partial charge >= 0.3 is 6.03 Å². The number of amides is 3. The summed E-state index contributed by atoms with van der Waals surface area (Å²) in [5.74, 6) is -0.505. The molecule has 0 radical (unpaired) electrons. The van der Waals surface area contributed by atoms with Gasteiger partial charge in [-0.05, 0) is 6.07 Å². The van der Waals surface area contributed by atoms with E-state index in [4.69, 9.17) is 5.73 Å². The number of nitrogens with two attached hydrogens (primary N) is 1. The zero-order valence-electron chi connectivity index (χ0n) is 10.3. The van der Waals surface area contributed by atoms with Gasteiger partial charge in [0.2, 0.25) is 5.91 Å². The molecule has 102 valence electrons. The highest BCUT2D eigenvalue weighted by Gasteiger charge is 2.11. The van der Waals surface area contributed by atoms with E-state index in [1.807, 2.05) is 0 Å². The van der Waals surface area contributed by atoms with E-state index in [0.29, 0.717) is 5.69 Å². The maximum atomic E-state index is 11.7. The minimum Gasteiger partial charge on any atom is -0.370 e. The molecule has 0 unspecified atom stereocenters. The lowest BCUT2D eigenvalue weighted by Gasteiger charge is -2.16. The molecule has 1 aromatic rings. The molecule has 8 nitrogen and oxygen atoms in total. The number of carbonyl (C=O) groups is 2. The lowest BCUT2D eigenvalue weighted by atomic mass is 10.3. The molecule has 0 spiro atoms. The fraction of sp³-hybridized carbons (Fsp3) is 0.273. The number of rotatable bonds is 5. The van der Waals surface area contributed by atoms with Crippen molar-refractivity contribution in [2.24, 2.45) is 5.73 Å². The van der Waals surface area contributed by atoms with Crippen molar-refractivity contribution >= 4 is 23.3 Å². The van der Waals surface area contributed by atoms with Crippen LogP contribution in [0.2, 0.25) is 0 Å². The Morgan fingerprint density at radius 1 is 1.47 bits per heavy atom. The Balaban J connectivity index is 2.63. The van der Waals surface area contributed by atoms with Crippen LogP contribution in [0.5, 0.6) is 0 Å². The molecule has 0 atom stereocenters. The fourth-order valence-corrected chi connectivity index (χ4v) is 1.30. The molecule has 1 rings (SSSR count). The van der Waals surface area contributed by atoms with E-state index in [1.54, 1.807) is 0 Å². The number of anilines is 1. The van der Waals surface area contributed by atoms with Gasteiger partial charge in [-0.25, -0.2) is 4.79 Å². The van der Waals surface area contributed by atoms with Gasteiger partial charge in [-0.3, -0.25) is 14.9 Å². The van der Waals surface area contributed by atoms with Gasteiger partial charge in [-0.2, -0.15) is 0 Å². The van der Waals surface area contributed by atoms with Crippen molar-refractivity contribution in [3.8, 4) is 0 Å². The Morgan fingerprint density at radius 3 is 2.74 bits per heavy atom. The van der Waals surface area contributed by atoms with E-state index in [2.05, 4.69) is 5.32 Å². The van der Waals surface area contributed by atoms with E-state index in [1.165, 1.54) is 36.2 Å². The van der Waals surface area contributed by atoms with Crippen molar-refractivity contribution in [3.05, 3.63) is 34.4 Å². The Labute approximate surface area is 109 Å². The summed E-state index contributed by atoms with van der Waals surface area (Å²) in [7, 11) is 1.50. The molecule has 0 heterocycles. The van der Waals surface area contributed by atoms with E-state index in [9.17, 15) is 19.7 Å². The van der Waals surface area contributed by atoms with Crippen LogP contribution in [0, 0.1) is 10.1 Å². The molecule has 1 aromatic carbocycles. The van der Waals surface area contributed by atoms with Gasteiger partial charge < -0.3 is 16.0 Å².